The maximum atomic E-state index is 10.2. The second-order valence-corrected chi connectivity index (χ2v) is 4.45. The summed E-state index contributed by atoms with van der Waals surface area (Å²) in [6.07, 6.45) is 4.58. The van der Waals surface area contributed by atoms with Gasteiger partial charge in [-0.25, -0.2) is 0 Å². The van der Waals surface area contributed by atoms with Crippen LogP contribution in [0, 0.1) is 11.3 Å². The lowest BCUT2D eigenvalue weighted by Gasteiger charge is -2.36. The summed E-state index contributed by atoms with van der Waals surface area (Å²) in [5, 5.41) is 20.3. The quantitative estimate of drug-likeness (QED) is 0.763. The molecule has 3 nitrogen and oxygen atoms in total. The molecule has 0 bridgehead atoms. The highest BCUT2D eigenvalue weighted by Crippen LogP contribution is 2.47. The third-order valence-electron chi connectivity index (χ3n) is 3.64. The number of nitrogens with one attached hydrogen (secondary N) is 1. The molecule has 1 aromatic heterocycles. The zero-order valence-electron chi connectivity index (χ0n) is 8.83. The SMILES string of the molecule is N#CC1(c2ccc3[nH]ccc3c2O)CCC1. The fraction of sp³-hybridized carbons (Fsp3) is 0.308. The van der Waals surface area contributed by atoms with Crippen LogP contribution in [-0.4, -0.2) is 10.1 Å². The molecule has 16 heavy (non-hydrogen) atoms. The summed E-state index contributed by atoms with van der Waals surface area (Å²) >= 11 is 0. The Balaban J connectivity index is 2.24. The minimum absolute atomic E-state index is 0.264. The number of fused-ring (bicyclic) bond motifs is 1. The predicted octanol–water partition coefficient (Wildman–Crippen LogP) is 2.82. The lowest BCUT2D eigenvalue weighted by Crippen LogP contribution is -2.32. The van der Waals surface area contributed by atoms with Crippen molar-refractivity contribution in [2.75, 3.05) is 0 Å². The van der Waals surface area contributed by atoms with Crippen LogP contribution in [0.2, 0.25) is 0 Å². The minimum atomic E-state index is -0.449. The van der Waals surface area contributed by atoms with Crippen LogP contribution in [0.3, 0.4) is 0 Å². The van der Waals surface area contributed by atoms with E-state index >= 15 is 0 Å². The topological polar surface area (TPSA) is 59.8 Å². The molecule has 2 N–H and O–H groups in total. The standard InChI is InChI=1S/C13H12N2O/c14-8-13(5-1-6-13)10-2-3-11-9(12(10)16)4-7-15-11/h2-4,7,15-16H,1,5-6H2. The largest absolute Gasteiger partial charge is 0.507 e. The van der Waals surface area contributed by atoms with E-state index in [0.717, 1.165) is 35.7 Å². The highest BCUT2D eigenvalue weighted by molar-refractivity contribution is 5.87. The minimum Gasteiger partial charge on any atom is -0.507 e. The Morgan fingerprint density at radius 2 is 2.12 bits per heavy atom. The first-order valence-electron chi connectivity index (χ1n) is 5.48. The number of nitrogens with zero attached hydrogens (tertiary/aromatic N) is 1. The molecule has 0 unspecified atom stereocenters. The summed E-state index contributed by atoms with van der Waals surface area (Å²) in [4.78, 5) is 3.05. The summed E-state index contributed by atoms with van der Waals surface area (Å²) in [7, 11) is 0. The molecule has 1 fully saturated rings. The lowest BCUT2D eigenvalue weighted by molar-refractivity contribution is 0.312. The van der Waals surface area contributed by atoms with Crippen molar-refractivity contribution in [2.24, 2.45) is 0 Å². The number of aromatic hydroxyl groups is 1. The summed E-state index contributed by atoms with van der Waals surface area (Å²) in [6, 6.07) is 8.01. The van der Waals surface area contributed by atoms with Gasteiger partial charge in [0.1, 0.15) is 5.75 Å². The molecule has 0 atom stereocenters. The Morgan fingerprint density at radius 1 is 1.31 bits per heavy atom. The second kappa shape index (κ2) is 3.02. The zero-order valence-corrected chi connectivity index (χ0v) is 8.83. The molecule has 0 spiro atoms. The third kappa shape index (κ3) is 1.02. The number of aromatic nitrogens is 1. The molecule has 2 aromatic rings. The number of phenols is 1. The van der Waals surface area contributed by atoms with Gasteiger partial charge in [-0.3, -0.25) is 0 Å². The van der Waals surface area contributed by atoms with Crippen molar-refractivity contribution < 1.29 is 5.11 Å². The Kier molecular flexibility index (Phi) is 1.75. The van der Waals surface area contributed by atoms with Crippen LogP contribution >= 0.6 is 0 Å². The van der Waals surface area contributed by atoms with E-state index in [2.05, 4.69) is 11.1 Å². The van der Waals surface area contributed by atoms with E-state index in [9.17, 15) is 10.4 Å². The molecule has 80 valence electrons. The summed E-state index contributed by atoms with van der Waals surface area (Å²) < 4.78 is 0. The van der Waals surface area contributed by atoms with Crippen molar-refractivity contribution in [3.8, 4) is 11.8 Å². The Labute approximate surface area is 93.3 Å². The van der Waals surface area contributed by atoms with Gasteiger partial charge in [0.15, 0.2) is 0 Å². The average Bonchev–Trinajstić information content (AvgIpc) is 2.69. The van der Waals surface area contributed by atoms with Gasteiger partial charge >= 0.3 is 0 Å². The average molecular weight is 212 g/mol. The van der Waals surface area contributed by atoms with Crippen LogP contribution in [0.4, 0.5) is 0 Å². The maximum Gasteiger partial charge on any atom is 0.129 e. The van der Waals surface area contributed by atoms with Gasteiger partial charge in [-0.05, 0) is 31.4 Å². The van der Waals surface area contributed by atoms with Crippen LogP contribution < -0.4 is 0 Å². The molecule has 3 rings (SSSR count). The predicted molar refractivity (Wildman–Crippen MR) is 61.1 cm³/mol. The maximum absolute atomic E-state index is 10.2. The summed E-state index contributed by atoms with van der Waals surface area (Å²) in [5.74, 6) is 0.264. The number of hydrogen-bond donors (Lipinski definition) is 2. The van der Waals surface area contributed by atoms with Gasteiger partial charge in [-0.15, -0.1) is 0 Å². The molecule has 1 heterocycles. The highest BCUT2D eigenvalue weighted by Gasteiger charge is 2.41. The first-order chi connectivity index (χ1) is 7.77. The number of benzene rings is 1. The smallest absolute Gasteiger partial charge is 0.129 e. The summed E-state index contributed by atoms with van der Waals surface area (Å²) in [6.45, 7) is 0. The van der Waals surface area contributed by atoms with Crippen LogP contribution in [0.15, 0.2) is 24.4 Å². The van der Waals surface area contributed by atoms with Crippen molar-refractivity contribution in [3.63, 3.8) is 0 Å². The van der Waals surface area contributed by atoms with Crippen LogP contribution in [0.1, 0.15) is 24.8 Å². The van der Waals surface area contributed by atoms with E-state index in [-0.39, 0.29) is 5.75 Å². The first-order valence-corrected chi connectivity index (χ1v) is 5.48. The van der Waals surface area contributed by atoms with Crippen molar-refractivity contribution in [1.29, 1.82) is 5.26 Å². The summed E-state index contributed by atoms with van der Waals surface area (Å²) in [5.41, 5.74) is 1.25. The van der Waals surface area contributed by atoms with Gasteiger partial charge in [0.05, 0.1) is 11.5 Å². The Bertz CT molecular complexity index is 587. The Hall–Kier alpha value is -1.95. The fourth-order valence-electron chi connectivity index (χ4n) is 2.48. The van der Waals surface area contributed by atoms with Crippen LogP contribution in [-0.2, 0) is 5.41 Å². The van der Waals surface area contributed by atoms with Gasteiger partial charge in [-0.1, -0.05) is 6.07 Å². The number of aromatic amines is 1. The molecule has 1 aliphatic carbocycles. The molecule has 0 aliphatic heterocycles. The van der Waals surface area contributed by atoms with Gasteiger partial charge < -0.3 is 10.1 Å². The van der Waals surface area contributed by atoms with Gasteiger partial charge in [0.2, 0.25) is 0 Å². The van der Waals surface area contributed by atoms with E-state index in [1.807, 2.05) is 18.2 Å². The number of hydrogen-bond acceptors (Lipinski definition) is 2. The van der Waals surface area contributed by atoms with Crippen molar-refractivity contribution in [1.82, 2.24) is 4.98 Å². The van der Waals surface area contributed by atoms with E-state index in [4.69, 9.17) is 0 Å². The molecule has 3 heteroatoms. The zero-order chi connectivity index (χ0) is 11.2. The van der Waals surface area contributed by atoms with E-state index in [0.29, 0.717) is 0 Å². The van der Waals surface area contributed by atoms with Gasteiger partial charge in [0, 0.05) is 22.7 Å². The number of phenolic OH excluding ortho intramolecular Hbond substituents is 1. The third-order valence-corrected chi connectivity index (χ3v) is 3.64. The second-order valence-electron chi connectivity index (χ2n) is 4.45. The molecular weight excluding hydrogens is 200 g/mol. The highest BCUT2D eigenvalue weighted by atomic mass is 16.3. The number of H-pyrrole nitrogens is 1. The Morgan fingerprint density at radius 3 is 2.75 bits per heavy atom. The normalized spacial score (nSPS) is 17.9. The number of nitriles is 1. The lowest BCUT2D eigenvalue weighted by atomic mass is 9.65. The molecule has 0 saturated heterocycles. The molecule has 0 radical (unpaired) electrons. The van der Waals surface area contributed by atoms with Crippen LogP contribution in [0.5, 0.6) is 5.75 Å². The van der Waals surface area contributed by atoms with Gasteiger partial charge in [-0.2, -0.15) is 5.26 Å². The molecule has 0 amide bonds. The van der Waals surface area contributed by atoms with Crippen molar-refractivity contribution in [3.05, 3.63) is 30.0 Å². The molecule has 1 aliphatic rings. The molecular formula is C13H12N2O. The van der Waals surface area contributed by atoms with E-state index in [1.54, 1.807) is 6.20 Å². The fourth-order valence-corrected chi connectivity index (χ4v) is 2.48. The van der Waals surface area contributed by atoms with Crippen molar-refractivity contribution >= 4 is 10.9 Å². The monoisotopic (exact) mass is 212 g/mol. The molecule has 1 aromatic carbocycles. The van der Waals surface area contributed by atoms with E-state index in [1.165, 1.54) is 0 Å². The van der Waals surface area contributed by atoms with E-state index < -0.39 is 5.41 Å². The number of rotatable bonds is 1. The first kappa shape index (κ1) is 9.29. The van der Waals surface area contributed by atoms with Crippen molar-refractivity contribution in [2.45, 2.75) is 24.7 Å². The van der Waals surface area contributed by atoms with Gasteiger partial charge in [0.25, 0.3) is 0 Å². The molecule has 1 saturated carbocycles. The van der Waals surface area contributed by atoms with Crippen LogP contribution in [0.25, 0.3) is 10.9 Å².